The van der Waals surface area contributed by atoms with Crippen molar-refractivity contribution in [1.82, 2.24) is 4.98 Å². The van der Waals surface area contributed by atoms with E-state index in [1.165, 1.54) is 0 Å². The molecule has 0 radical (unpaired) electrons. The minimum absolute atomic E-state index is 0.244. The van der Waals surface area contributed by atoms with Gasteiger partial charge in [0.1, 0.15) is 0 Å². The lowest BCUT2D eigenvalue weighted by atomic mass is 10.0. The van der Waals surface area contributed by atoms with Crippen LogP contribution in [0.1, 0.15) is 10.4 Å². The zero-order valence-electron chi connectivity index (χ0n) is 10.6. The summed E-state index contributed by atoms with van der Waals surface area (Å²) >= 11 is 0. The summed E-state index contributed by atoms with van der Waals surface area (Å²) in [6.07, 6.45) is 0. The second kappa shape index (κ2) is 4.66. The SMILES string of the molecule is Nc1cccc(-c2cc(C(=O)O)c3ccccc3n2)c1. The Labute approximate surface area is 115 Å². The number of aromatic carboxylic acids is 1. The molecular weight excluding hydrogens is 252 g/mol. The zero-order valence-corrected chi connectivity index (χ0v) is 10.6. The molecule has 0 spiro atoms. The highest BCUT2D eigenvalue weighted by molar-refractivity contribution is 6.03. The van der Waals surface area contributed by atoms with E-state index in [2.05, 4.69) is 4.98 Å². The Morgan fingerprint density at radius 1 is 1.05 bits per heavy atom. The molecule has 3 N–H and O–H groups in total. The van der Waals surface area contributed by atoms with E-state index in [9.17, 15) is 9.90 Å². The van der Waals surface area contributed by atoms with Crippen LogP contribution in [0.15, 0.2) is 54.6 Å². The van der Waals surface area contributed by atoms with Crippen LogP contribution in [-0.4, -0.2) is 16.1 Å². The van der Waals surface area contributed by atoms with Crippen molar-refractivity contribution in [3.05, 3.63) is 60.2 Å². The summed E-state index contributed by atoms with van der Waals surface area (Å²) in [5.41, 5.74) is 8.69. The molecule has 4 nitrogen and oxygen atoms in total. The van der Waals surface area contributed by atoms with Gasteiger partial charge in [-0.2, -0.15) is 0 Å². The number of para-hydroxylation sites is 1. The number of rotatable bonds is 2. The molecule has 0 aliphatic carbocycles. The summed E-state index contributed by atoms with van der Waals surface area (Å²) in [7, 11) is 0. The van der Waals surface area contributed by atoms with E-state index in [1.807, 2.05) is 18.2 Å². The number of aromatic nitrogens is 1. The number of anilines is 1. The molecule has 4 heteroatoms. The summed E-state index contributed by atoms with van der Waals surface area (Å²) in [5, 5.41) is 9.99. The largest absolute Gasteiger partial charge is 0.478 e. The minimum Gasteiger partial charge on any atom is -0.478 e. The van der Waals surface area contributed by atoms with Crippen molar-refractivity contribution >= 4 is 22.6 Å². The van der Waals surface area contributed by atoms with Crippen LogP contribution in [0.3, 0.4) is 0 Å². The Morgan fingerprint density at radius 2 is 1.85 bits per heavy atom. The van der Waals surface area contributed by atoms with Gasteiger partial charge in [-0.1, -0.05) is 30.3 Å². The maximum absolute atomic E-state index is 11.4. The maximum Gasteiger partial charge on any atom is 0.336 e. The van der Waals surface area contributed by atoms with Crippen molar-refractivity contribution in [1.29, 1.82) is 0 Å². The number of carboxylic acid groups (broad SMARTS) is 1. The van der Waals surface area contributed by atoms with Crippen LogP contribution in [0.2, 0.25) is 0 Å². The molecule has 98 valence electrons. The first-order valence-corrected chi connectivity index (χ1v) is 6.14. The van der Waals surface area contributed by atoms with Gasteiger partial charge in [-0.25, -0.2) is 9.78 Å². The Kier molecular flexibility index (Phi) is 2.84. The molecule has 3 rings (SSSR count). The molecule has 2 aromatic carbocycles. The van der Waals surface area contributed by atoms with Gasteiger partial charge in [0.05, 0.1) is 16.8 Å². The van der Waals surface area contributed by atoms with Gasteiger partial charge in [0.15, 0.2) is 0 Å². The van der Waals surface area contributed by atoms with E-state index < -0.39 is 5.97 Å². The fourth-order valence-corrected chi connectivity index (χ4v) is 2.20. The van der Waals surface area contributed by atoms with Crippen molar-refractivity contribution in [2.45, 2.75) is 0 Å². The number of benzene rings is 2. The summed E-state index contributed by atoms with van der Waals surface area (Å²) in [5.74, 6) is -0.964. The van der Waals surface area contributed by atoms with Gasteiger partial charge in [0.2, 0.25) is 0 Å². The Balaban J connectivity index is 2.30. The zero-order chi connectivity index (χ0) is 14.1. The van der Waals surface area contributed by atoms with Gasteiger partial charge in [0.25, 0.3) is 0 Å². The highest BCUT2D eigenvalue weighted by atomic mass is 16.4. The van der Waals surface area contributed by atoms with Crippen molar-refractivity contribution < 1.29 is 9.90 Å². The van der Waals surface area contributed by atoms with E-state index in [1.54, 1.807) is 36.4 Å². The quantitative estimate of drug-likeness (QED) is 0.697. The first kappa shape index (κ1) is 12.2. The predicted molar refractivity (Wildman–Crippen MR) is 78.6 cm³/mol. The molecule has 0 amide bonds. The summed E-state index contributed by atoms with van der Waals surface area (Å²) < 4.78 is 0. The Bertz CT molecular complexity index is 812. The third-order valence-corrected chi connectivity index (χ3v) is 3.13. The fraction of sp³-hybridized carbons (Fsp3) is 0. The molecule has 20 heavy (non-hydrogen) atoms. The average Bonchev–Trinajstić information content (AvgIpc) is 2.46. The van der Waals surface area contributed by atoms with Crippen LogP contribution >= 0.6 is 0 Å². The Hall–Kier alpha value is -2.88. The third-order valence-electron chi connectivity index (χ3n) is 3.13. The van der Waals surface area contributed by atoms with Crippen LogP contribution < -0.4 is 5.73 Å². The molecule has 0 unspecified atom stereocenters. The van der Waals surface area contributed by atoms with Crippen molar-refractivity contribution in [3.63, 3.8) is 0 Å². The molecule has 0 aliphatic heterocycles. The van der Waals surface area contributed by atoms with E-state index in [-0.39, 0.29) is 5.56 Å². The topological polar surface area (TPSA) is 76.2 Å². The number of hydrogen-bond donors (Lipinski definition) is 2. The highest BCUT2D eigenvalue weighted by Gasteiger charge is 2.12. The van der Waals surface area contributed by atoms with Gasteiger partial charge >= 0.3 is 5.97 Å². The van der Waals surface area contributed by atoms with Crippen LogP contribution in [0, 0.1) is 0 Å². The van der Waals surface area contributed by atoms with Crippen LogP contribution in [-0.2, 0) is 0 Å². The van der Waals surface area contributed by atoms with Gasteiger partial charge in [-0.15, -0.1) is 0 Å². The molecule has 3 aromatic rings. The number of nitrogen functional groups attached to an aromatic ring is 1. The average molecular weight is 264 g/mol. The third kappa shape index (κ3) is 2.07. The number of hydrogen-bond acceptors (Lipinski definition) is 3. The maximum atomic E-state index is 11.4. The molecule has 1 heterocycles. The normalized spacial score (nSPS) is 10.6. The molecule has 0 fully saturated rings. The molecule has 1 aromatic heterocycles. The summed E-state index contributed by atoms with van der Waals surface area (Å²) in [4.78, 5) is 15.9. The van der Waals surface area contributed by atoms with Crippen LogP contribution in [0.4, 0.5) is 5.69 Å². The summed E-state index contributed by atoms with van der Waals surface area (Å²) in [6, 6.07) is 16.0. The standard InChI is InChI=1S/C16H12N2O2/c17-11-5-3-4-10(8-11)15-9-13(16(19)20)12-6-1-2-7-14(12)18-15/h1-9H,17H2,(H,19,20). The number of carbonyl (C=O) groups is 1. The van der Waals surface area contributed by atoms with E-state index in [0.717, 1.165) is 5.56 Å². The van der Waals surface area contributed by atoms with Crippen LogP contribution in [0.25, 0.3) is 22.2 Å². The van der Waals surface area contributed by atoms with E-state index >= 15 is 0 Å². The molecule has 0 bridgehead atoms. The first-order valence-electron chi connectivity index (χ1n) is 6.14. The lowest BCUT2D eigenvalue weighted by Gasteiger charge is -2.07. The predicted octanol–water partition coefficient (Wildman–Crippen LogP) is 3.18. The highest BCUT2D eigenvalue weighted by Crippen LogP contribution is 2.25. The van der Waals surface area contributed by atoms with E-state index in [4.69, 9.17) is 5.73 Å². The molecule has 0 saturated heterocycles. The Morgan fingerprint density at radius 3 is 2.60 bits per heavy atom. The second-order valence-corrected chi connectivity index (χ2v) is 4.50. The molecule has 0 aliphatic rings. The first-order chi connectivity index (χ1) is 9.65. The number of fused-ring (bicyclic) bond motifs is 1. The number of nitrogens with two attached hydrogens (primary N) is 1. The van der Waals surface area contributed by atoms with Crippen molar-refractivity contribution in [3.8, 4) is 11.3 Å². The van der Waals surface area contributed by atoms with Crippen molar-refractivity contribution in [2.75, 3.05) is 5.73 Å². The number of pyridine rings is 1. The molecule has 0 saturated carbocycles. The van der Waals surface area contributed by atoms with Gasteiger partial charge in [0, 0.05) is 16.6 Å². The fourth-order valence-electron chi connectivity index (χ4n) is 2.20. The number of carboxylic acids is 1. The molecular formula is C16H12N2O2. The smallest absolute Gasteiger partial charge is 0.336 e. The monoisotopic (exact) mass is 264 g/mol. The second-order valence-electron chi connectivity index (χ2n) is 4.50. The van der Waals surface area contributed by atoms with Crippen molar-refractivity contribution in [2.24, 2.45) is 0 Å². The number of nitrogens with zero attached hydrogens (tertiary/aromatic N) is 1. The van der Waals surface area contributed by atoms with E-state index in [0.29, 0.717) is 22.3 Å². The van der Waals surface area contributed by atoms with Crippen LogP contribution in [0.5, 0.6) is 0 Å². The summed E-state index contributed by atoms with van der Waals surface area (Å²) in [6.45, 7) is 0. The lowest BCUT2D eigenvalue weighted by Crippen LogP contribution is -2.00. The van der Waals surface area contributed by atoms with Gasteiger partial charge in [-0.05, 0) is 24.3 Å². The molecule has 0 atom stereocenters. The lowest BCUT2D eigenvalue weighted by molar-refractivity contribution is 0.0699. The van der Waals surface area contributed by atoms with Gasteiger partial charge < -0.3 is 10.8 Å². The minimum atomic E-state index is -0.964. The van der Waals surface area contributed by atoms with Gasteiger partial charge in [-0.3, -0.25) is 0 Å².